The Morgan fingerprint density at radius 2 is 0.971 bits per heavy atom. The zero-order valence-electron chi connectivity index (χ0n) is 21.7. The second-order valence-electron chi connectivity index (χ2n) is 8.72. The molecule has 0 N–H and O–H groups in total. The number of unbranched alkanes of at least 4 members (excludes halogenated alkanes) is 9. The third-order valence-electron chi connectivity index (χ3n) is 5.10. The molecule has 0 spiro atoms. The quantitative estimate of drug-likeness (QED) is 0.0634. The van der Waals surface area contributed by atoms with Gasteiger partial charge in [0, 0.05) is 11.1 Å². The van der Waals surface area contributed by atoms with E-state index in [2.05, 4.69) is 20.1 Å². The Balaban J connectivity index is 3.86. The molecule has 0 aromatic carbocycles. The van der Waals surface area contributed by atoms with Crippen molar-refractivity contribution in [3.8, 4) is 0 Å². The van der Waals surface area contributed by atoms with Gasteiger partial charge < -0.3 is 18.5 Å². The minimum Gasteiger partial charge on any atom is -0.462 e. The van der Waals surface area contributed by atoms with Gasteiger partial charge >= 0.3 is 19.5 Å². The molecule has 0 unspecified atom stereocenters. The van der Waals surface area contributed by atoms with E-state index in [0.717, 1.165) is 77.0 Å². The van der Waals surface area contributed by atoms with Crippen molar-refractivity contribution in [1.82, 2.24) is 0 Å². The Morgan fingerprint density at radius 1 is 0.618 bits per heavy atom. The molecule has 0 rings (SSSR count). The smallest absolute Gasteiger partial charge is 0.333 e. The number of hydrogen-bond donors (Lipinski definition) is 0. The van der Waals surface area contributed by atoms with Crippen molar-refractivity contribution in [3.63, 3.8) is 0 Å². The second-order valence-corrected chi connectivity index (χ2v) is 10.9. The molecule has 0 atom stereocenters. The van der Waals surface area contributed by atoms with Gasteiger partial charge in [0.1, 0.15) is 0 Å². The summed E-state index contributed by atoms with van der Waals surface area (Å²) >= 11 is 0. The minimum atomic E-state index is -3.04. The van der Waals surface area contributed by atoms with Crippen LogP contribution < -0.4 is 0 Å². The molecule has 0 saturated heterocycles. The van der Waals surface area contributed by atoms with Crippen molar-refractivity contribution in [2.24, 2.45) is 0 Å². The van der Waals surface area contributed by atoms with Crippen LogP contribution in [0.3, 0.4) is 0 Å². The topological polar surface area (TPSA) is 88.1 Å². The summed E-state index contributed by atoms with van der Waals surface area (Å²) in [5.41, 5.74) is 0.844. The summed E-state index contributed by atoms with van der Waals surface area (Å²) in [4.78, 5) is 22.6. The number of carbonyl (C=O) groups excluding carboxylic acids is 2. The summed E-state index contributed by atoms with van der Waals surface area (Å²) in [6.45, 7) is 14.2. The summed E-state index contributed by atoms with van der Waals surface area (Å²) < 4.78 is 34.6. The maximum Gasteiger partial charge on any atom is 0.333 e. The normalized spacial score (nSPS) is 11.3. The van der Waals surface area contributed by atoms with Crippen molar-refractivity contribution >= 4 is 19.5 Å². The van der Waals surface area contributed by atoms with Crippen LogP contribution in [0, 0.1) is 0 Å². The highest BCUT2D eigenvalue weighted by atomic mass is 31.2. The molecule has 0 heterocycles. The van der Waals surface area contributed by atoms with Gasteiger partial charge in [0.25, 0.3) is 0 Å². The monoisotopic (exact) mass is 502 g/mol. The van der Waals surface area contributed by atoms with Crippen LogP contribution in [-0.2, 0) is 32.7 Å². The molecule has 34 heavy (non-hydrogen) atoms. The lowest BCUT2D eigenvalue weighted by atomic mass is 10.1. The molecular weight excluding hydrogens is 455 g/mol. The standard InChI is InChI=1S/C26H47O7P/c1-6-7-22-34(29,32-20-16-12-8-10-14-18-30-25(27)23(2)3)33-21-17-13-9-11-15-19-31-26(28)24(4)5/h2,4,6-22H2,1,3,5H3. The third-order valence-corrected chi connectivity index (χ3v) is 7.12. The molecule has 0 aliphatic rings. The predicted molar refractivity (Wildman–Crippen MR) is 137 cm³/mol. The van der Waals surface area contributed by atoms with E-state index in [1.807, 2.05) is 0 Å². The van der Waals surface area contributed by atoms with Gasteiger partial charge in [0.05, 0.1) is 32.6 Å². The Kier molecular flexibility index (Phi) is 20.0. The first kappa shape index (κ1) is 32.6. The minimum absolute atomic E-state index is 0.335. The van der Waals surface area contributed by atoms with Crippen LogP contribution in [0.2, 0.25) is 0 Å². The number of esters is 2. The molecule has 0 aromatic heterocycles. The Bertz CT molecular complexity index is 597. The van der Waals surface area contributed by atoms with E-state index in [9.17, 15) is 14.2 Å². The molecule has 0 aliphatic carbocycles. The van der Waals surface area contributed by atoms with Crippen LogP contribution in [0.1, 0.15) is 97.8 Å². The highest BCUT2D eigenvalue weighted by molar-refractivity contribution is 7.53. The van der Waals surface area contributed by atoms with E-state index in [-0.39, 0.29) is 11.9 Å². The van der Waals surface area contributed by atoms with E-state index >= 15 is 0 Å². The van der Waals surface area contributed by atoms with E-state index in [1.165, 1.54) is 0 Å². The lowest BCUT2D eigenvalue weighted by Gasteiger charge is -2.18. The van der Waals surface area contributed by atoms with Crippen LogP contribution in [0.5, 0.6) is 0 Å². The van der Waals surface area contributed by atoms with Gasteiger partial charge in [-0.15, -0.1) is 0 Å². The zero-order valence-corrected chi connectivity index (χ0v) is 22.6. The number of carbonyl (C=O) groups is 2. The Morgan fingerprint density at radius 3 is 1.32 bits per heavy atom. The van der Waals surface area contributed by atoms with Crippen molar-refractivity contribution in [3.05, 3.63) is 24.3 Å². The maximum absolute atomic E-state index is 13.0. The van der Waals surface area contributed by atoms with Crippen molar-refractivity contribution in [1.29, 1.82) is 0 Å². The van der Waals surface area contributed by atoms with Gasteiger partial charge in [-0.3, -0.25) is 4.57 Å². The number of ether oxygens (including phenoxy) is 2. The summed E-state index contributed by atoms with van der Waals surface area (Å²) in [7, 11) is -3.04. The number of hydrogen-bond acceptors (Lipinski definition) is 7. The first-order valence-corrected chi connectivity index (χ1v) is 14.5. The molecule has 0 radical (unpaired) electrons. The predicted octanol–water partition coefficient (Wildman–Crippen LogP) is 7.15. The average molecular weight is 503 g/mol. The molecule has 0 saturated carbocycles. The van der Waals surface area contributed by atoms with Gasteiger partial charge in [-0.2, -0.15) is 0 Å². The molecule has 0 aromatic rings. The fourth-order valence-corrected chi connectivity index (χ4v) is 4.82. The summed E-state index contributed by atoms with van der Waals surface area (Å²) in [6, 6.07) is 0. The van der Waals surface area contributed by atoms with Crippen molar-refractivity contribution in [2.75, 3.05) is 32.6 Å². The molecule has 0 fully saturated rings. The fourth-order valence-electron chi connectivity index (χ4n) is 2.97. The van der Waals surface area contributed by atoms with Gasteiger partial charge in [0.2, 0.25) is 0 Å². The van der Waals surface area contributed by atoms with Crippen molar-refractivity contribution < 1.29 is 32.7 Å². The fraction of sp³-hybridized carbons (Fsp3) is 0.769. The van der Waals surface area contributed by atoms with Crippen LogP contribution in [0.4, 0.5) is 0 Å². The van der Waals surface area contributed by atoms with Crippen LogP contribution in [0.25, 0.3) is 0 Å². The first-order chi connectivity index (χ1) is 16.2. The largest absolute Gasteiger partial charge is 0.462 e. The van der Waals surface area contributed by atoms with Crippen molar-refractivity contribution in [2.45, 2.75) is 97.8 Å². The SMILES string of the molecule is C=C(C)C(=O)OCCCCCCCOP(=O)(CCCC)OCCCCCCCOC(=O)C(=C)C. The van der Waals surface area contributed by atoms with E-state index < -0.39 is 7.60 Å². The molecule has 0 bridgehead atoms. The van der Waals surface area contributed by atoms with E-state index in [0.29, 0.717) is 43.7 Å². The van der Waals surface area contributed by atoms with Crippen LogP contribution >= 0.6 is 7.60 Å². The summed E-state index contributed by atoms with van der Waals surface area (Å²) in [5, 5.41) is 0. The lowest BCUT2D eigenvalue weighted by Crippen LogP contribution is -2.06. The molecular formula is C26H47O7P. The second kappa shape index (κ2) is 20.9. The van der Waals surface area contributed by atoms with Gasteiger partial charge in [0.15, 0.2) is 0 Å². The average Bonchev–Trinajstić information content (AvgIpc) is 2.80. The highest BCUT2D eigenvalue weighted by Gasteiger charge is 2.23. The molecule has 0 aliphatic heterocycles. The molecule has 7 nitrogen and oxygen atoms in total. The zero-order chi connectivity index (χ0) is 25.7. The summed E-state index contributed by atoms with van der Waals surface area (Å²) in [6.07, 6.45) is 11.5. The summed E-state index contributed by atoms with van der Waals surface area (Å²) in [5.74, 6) is -0.671. The lowest BCUT2D eigenvalue weighted by molar-refractivity contribution is -0.139. The van der Waals surface area contributed by atoms with E-state index in [4.69, 9.17) is 18.5 Å². The third kappa shape index (κ3) is 18.9. The molecule has 198 valence electrons. The van der Waals surface area contributed by atoms with E-state index in [1.54, 1.807) is 13.8 Å². The highest BCUT2D eigenvalue weighted by Crippen LogP contribution is 2.49. The number of rotatable bonds is 23. The Hall–Kier alpha value is -1.43. The molecule has 0 amide bonds. The van der Waals surface area contributed by atoms with Gasteiger partial charge in [-0.1, -0.05) is 65.0 Å². The van der Waals surface area contributed by atoms with Gasteiger partial charge in [-0.05, 0) is 46.0 Å². The van der Waals surface area contributed by atoms with Crippen LogP contribution in [-0.4, -0.2) is 44.5 Å². The van der Waals surface area contributed by atoms with Gasteiger partial charge in [-0.25, -0.2) is 9.59 Å². The van der Waals surface area contributed by atoms with Crippen LogP contribution in [0.15, 0.2) is 24.3 Å². The first-order valence-electron chi connectivity index (χ1n) is 12.7. The molecule has 8 heteroatoms. The maximum atomic E-state index is 13.0. The Labute approximate surface area is 207 Å².